The number of hydrogen-bond acceptors (Lipinski definition) is 5. The second-order valence-electron chi connectivity index (χ2n) is 14.4. The Hall–Kier alpha value is -6.59. The number of fused-ring (bicyclic) bond motifs is 3. The van der Waals surface area contributed by atoms with Crippen LogP contribution >= 0.6 is 0 Å². The number of aromatic nitrogens is 4. The Morgan fingerprint density at radius 1 is 0.636 bits per heavy atom. The summed E-state index contributed by atoms with van der Waals surface area (Å²) in [7, 11) is 0. The van der Waals surface area contributed by atoms with Crippen molar-refractivity contribution >= 4 is 21.9 Å². The summed E-state index contributed by atoms with van der Waals surface area (Å²) in [6, 6.07) is 34.4. The van der Waals surface area contributed by atoms with E-state index in [4.69, 9.17) is 19.9 Å². The number of hydrogen-bond donors (Lipinski definition) is 0. The first-order chi connectivity index (χ1) is 27.0. The van der Waals surface area contributed by atoms with E-state index >= 15 is 0 Å². The third kappa shape index (κ3) is 6.74. The van der Waals surface area contributed by atoms with Gasteiger partial charge in [0.15, 0.2) is 17.5 Å². The van der Waals surface area contributed by atoms with Gasteiger partial charge in [0, 0.05) is 50.7 Å². The van der Waals surface area contributed by atoms with E-state index in [0.29, 0.717) is 17.5 Å². The van der Waals surface area contributed by atoms with Crippen molar-refractivity contribution in [2.75, 3.05) is 0 Å². The maximum Gasteiger partial charge on any atom is 0.164 e. The van der Waals surface area contributed by atoms with E-state index in [9.17, 15) is 0 Å². The summed E-state index contributed by atoms with van der Waals surface area (Å²) >= 11 is 0. The maximum absolute atomic E-state index is 5.38. The van der Waals surface area contributed by atoms with Crippen molar-refractivity contribution in [3.05, 3.63) is 196 Å². The summed E-state index contributed by atoms with van der Waals surface area (Å²) in [4.78, 5) is 25.2. The highest BCUT2D eigenvalue weighted by Crippen LogP contribution is 2.34. The van der Waals surface area contributed by atoms with Gasteiger partial charge in [-0.25, -0.2) is 15.0 Å². The average molecular weight is 712 g/mol. The average Bonchev–Trinajstić information content (AvgIpc) is 3.24. The molecule has 0 amide bonds. The molecule has 0 bridgehead atoms. The molecular weight excluding hydrogens is 671 g/mol. The molecule has 9 rings (SSSR count). The van der Waals surface area contributed by atoms with Gasteiger partial charge < -0.3 is 0 Å². The van der Waals surface area contributed by atoms with Gasteiger partial charge in [0.05, 0.1) is 11.1 Å². The lowest BCUT2D eigenvalue weighted by atomic mass is 9.88. The zero-order valence-corrected chi connectivity index (χ0v) is 31.3. The van der Waals surface area contributed by atoms with Crippen molar-refractivity contribution in [1.82, 2.24) is 19.9 Å². The number of nitrogens with zero attached hydrogens (tertiary/aromatic N) is 5. The fraction of sp³-hybridized carbons (Fsp3) is 0.140. The van der Waals surface area contributed by atoms with Gasteiger partial charge in [-0.05, 0) is 78.8 Å². The van der Waals surface area contributed by atoms with E-state index in [1.165, 1.54) is 27.3 Å². The van der Waals surface area contributed by atoms with Crippen LogP contribution in [0.25, 0.3) is 55.8 Å². The topological polar surface area (TPSA) is 63.9 Å². The van der Waals surface area contributed by atoms with Crippen molar-refractivity contribution in [3.8, 4) is 33.9 Å². The summed E-state index contributed by atoms with van der Waals surface area (Å²) in [5.41, 5.74) is 13.2. The predicted molar refractivity (Wildman–Crippen MR) is 225 cm³/mol. The Morgan fingerprint density at radius 2 is 1.35 bits per heavy atom. The fourth-order valence-electron chi connectivity index (χ4n) is 7.90. The summed E-state index contributed by atoms with van der Waals surface area (Å²) in [6.45, 7) is 8.08. The molecule has 0 unspecified atom stereocenters. The van der Waals surface area contributed by atoms with Crippen LogP contribution in [0.15, 0.2) is 168 Å². The van der Waals surface area contributed by atoms with E-state index in [2.05, 4.69) is 152 Å². The summed E-state index contributed by atoms with van der Waals surface area (Å²) in [6.07, 6.45) is 19.8. The largest absolute Gasteiger partial charge is 0.258 e. The van der Waals surface area contributed by atoms with Gasteiger partial charge in [-0.15, -0.1) is 0 Å². The van der Waals surface area contributed by atoms with Crippen LogP contribution < -0.4 is 10.6 Å². The Balaban J connectivity index is 1.14. The lowest BCUT2D eigenvalue weighted by molar-refractivity contribution is 0.941. The normalized spacial score (nSPS) is 17.2. The molecular formula is C50H41N5. The highest BCUT2D eigenvalue weighted by atomic mass is 15.0. The van der Waals surface area contributed by atoms with E-state index in [1.807, 2.05) is 13.0 Å². The molecule has 5 heteroatoms. The molecule has 266 valence electrons. The summed E-state index contributed by atoms with van der Waals surface area (Å²) in [5.74, 6) is 1.99. The van der Waals surface area contributed by atoms with Crippen LogP contribution in [0.3, 0.4) is 0 Å². The first-order valence-corrected chi connectivity index (χ1v) is 19.1. The van der Waals surface area contributed by atoms with Crippen LogP contribution in [-0.4, -0.2) is 19.9 Å². The minimum atomic E-state index is 0.651. The molecule has 1 aliphatic heterocycles. The Bertz CT molecular complexity index is 2800. The molecule has 0 fully saturated rings. The monoisotopic (exact) mass is 711 g/mol. The van der Waals surface area contributed by atoms with E-state index in [-0.39, 0.29) is 0 Å². The zero-order valence-electron chi connectivity index (χ0n) is 31.3. The molecule has 0 radical (unpaired) electrons. The molecule has 0 atom stereocenters. The first-order valence-electron chi connectivity index (χ1n) is 19.1. The van der Waals surface area contributed by atoms with Crippen molar-refractivity contribution in [2.45, 2.75) is 46.0 Å². The third-order valence-corrected chi connectivity index (χ3v) is 10.7. The van der Waals surface area contributed by atoms with Crippen LogP contribution in [0.4, 0.5) is 0 Å². The van der Waals surface area contributed by atoms with Gasteiger partial charge in [-0.1, -0.05) is 140 Å². The minimum absolute atomic E-state index is 0.651. The Kier molecular flexibility index (Phi) is 9.13. The van der Waals surface area contributed by atoms with E-state index in [0.717, 1.165) is 93.3 Å². The van der Waals surface area contributed by atoms with E-state index in [1.54, 1.807) is 0 Å². The van der Waals surface area contributed by atoms with Gasteiger partial charge in [-0.2, -0.15) is 0 Å². The fourth-order valence-corrected chi connectivity index (χ4v) is 7.90. The molecule has 0 saturated carbocycles. The SMILES string of the molecule is C=C/C=C1/CCC=C/C1=C1/CC(c2ccc(-c3nc(C4=CCCC=C4)nc(-c4ccc(-c5ccc(C)nc5C)cc4)n3)cc2)=c2ccc3ccccc3c2=N1. The molecule has 55 heavy (non-hydrogen) atoms. The molecule has 3 heterocycles. The standard InChI is InChI=1S/C50H41N5/c1-4-12-34-13-8-10-17-42(34)46-31-45(44-30-28-35-14-9-11-18-43(35)47(44)52-46)37-22-26-40(27-23-37)50-54-48(38-15-6-5-7-16-38)53-49(55-50)39-24-20-36(21-25-39)41-29-19-32(2)51-33(41)3/h4,6,9-12,14-30H,1,5,7-8,13,31H2,2-3H3/b34-12-,46-42+. The van der Waals surface area contributed by atoms with Crippen LogP contribution in [0.2, 0.25) is 0 Å². The first kappa shape index (κ1) is 34.2. The quantitative estimate of drug-likeness (QED) is 0.173. The minimum Gasteiger partial charge on any atom is -0.258 e. The molecule has 4 aromatic carbocycles. The van der Waals surface area contributed by atoms with Crippen LogP contribution in [0, 0.1) is 13.8 Å². The number of aryl methyl sites for hydroxylation is 2. The zero-order chi connectivity index (χ0) is 37.3. The highest BCUT2D eigenvalue weighted by Gasteiger charge is 2.20. The van der Waals surface area contributed by atoms with Gasteiger partial charge in [0.2, 0.25) is 0 Å². The third-order valence-electron chi connectivity index (χ3n) is 10.7. The predicted octanol–water partition coefficient (Wildman–Crippen LogP) is 10.7. The molecule has 0 N–H and O–H groups in total. The van der Waals surface area contributed by atoms with Gasteiger partial charge in [0.1, 0.15) is 0 Å². The summed E-state index contributed by atoms with van der Waals surface area (Å²) in [5, 5.41) is 4.55. The second-order valence-corrected chi connectivity index (χ2v) is 14.4. The summed E-state index contributed by atoms with van der Waals surface area (Å²) < 4.78 is 0. The molecule has 3 aliphatic rings. The molecule has 0 spiro atoms. The van der Waals surface area contributed by atoms with Crippen LogP contribution in [0.5, 0.6) is 0 Å². The van der Waals surface area contributed by atoms with Crippen LogP contribution in [-0.2, 0) is 0 Å². The van der Waals surface area contributed by atoms with Crippen molar-refractivity contribution in [2.24, 2.45) is 4.99 Å². The number of benzene rings is 4. The van der Waals surface area contributed by atoms with Gasteiger partial charge in [0.25, 0.3) is 0 Å². The lowest BCUT2D eigenvalue weighted by Crippen LogP contribution is -2.32. The number of rotatable bonds is 6. The lowest BCUT2D eigenvalue weighted by Gasteiger charge is -2.21. The van der Waals surface area contributed by atoms with Crippen molar-refractivity contribution in [1.29, 1.82) is 0 Å². The van der Waals surface area contributed by atoms with Crippen molar-refractivity contribution < 1.29 is 0 Å². The van der Waals surface area contributed by atoms with E-state index < -0.39 is 0 Å². The smallest absolute Gasteiger partial charge is 0.164 e. The molecule has 0 saturated heterocycles. The van der Waals surface area contributed by atoms with Gasteiger partial charge >= 0.3 is 0 Å². The molecule has 2 aliphatic carbocycles. The van der Waals surface area contributed by atoms with Crippen LogP contribution in [0.1, 0.15) is 54.9 Å². The Morgan fingerprint density at radius 3 is 2.07 bits per heavy atom. The molecule has 5 nitrogen and oxygen atoms in total. The Labute approximate surface area is 322 Å². The maximum atomic E-state index is 5.38. The molecule has 6 aromatic rings. The highest BCUT2D eigenvalue weighted by molar-refractivity contribution is 5.84. The number of pyridine rings is 1. The van der Waals surface area contributed by atoms with Gasteiger partial charge in [-0.3, -0.25) is 9.98 Å². The second kappa shape index (κ2) is 14.7. The molecule has 2 aromatic heterocycles. The van der Waals surface area contributed by atoms with Crippen molar-refractivity contribution in [3.63, 3.8) is 0 Å². The number of allylic oxidation sites excluding steroid dienone is 11.